The molecule has 0 bridgehead atoms. The fourth-order valence-corrected chi connectivity index (χ4v) is 3.86. The summed E-state index contributed by atoms with van der Waals surface area (Å²) in [5, 5.41) is 3.76. The van der Waals surface area contributed by atoms with Crippen LogP contribution in [0.5, 0.6) is 0 Å². The van der Waals surface area contributed by atoms with Crippen molar-refractivity contribution in [2.45, 2.75) is 71.3 Å². The molecule has 1 aliphatic carbocycles. The normalized spacial score (nSPS) is 28.0. The van der Waals surface area contributed by atoms with Crippen LogP contribution in [0.25, 0.3) is 0 Å². The minimum atomic E-state index is 0.249. The average molecular weight is 280 g/mol. The Morgan fingerprint density at radius 3 is 2.60 bits per heavy atom. The Bertz CT molecular complexity index is 299. The van der Waals surface area contributed by atoms with E-state index in [1.54, 1.807) is 6.92 Å². The molecule has 1 saturated carbocycles. The lowest BCUT2D eigenvalue weighted by Crippen LogP contribution is -2.51. The summed E-state index contributed by atoms with van der Waals surface area (Å²) in [5.74, 6) is 1.84. The first-order valence-electron chi connectivity index (χ1n) is 8.68. The van der Waals surface area contributed by atoms with Crippen molar-refractivity contribution in [2.24, 2.45) is 11.8 Å². The van der Waals surface area contributed by atoms with Crippen LogP contribution in [0.2, 0.25) is 0 Å². The maximum absolute atomic E-state index is 11.7. The van der Waals surface area contributed by atoms with Crippen LogP contribution >= 0.6 is 0 Å². The zero-order chi connectivity index (χ0) is 14.4. The smallest absolute Gasteiger partial charge is 0.219 e. The molecule has 2 atom stereocenters. The lowest BCUT2D eigenvalue weighted by molar-refractivity contribution is -0.131. The van der Waals surface area contributed by atoms with E-state index >= 15 is 0 Å². The minimum Gasteiger partial charge on any atom is -0.341 e. The van der Waals surface area contributed by atoms with Gasteiger partial charge >= 0.3 is 0 Å². The van der Waals surface area contributed by atoms with Crippen molar-refractivity contribution in [2.75, 3.05) is 19.6 Å². The van der Waals surface area contributed by atoms with Crippen LogP contribution in [0, 0.1) is 11.8 Å². The number of hydrogen-bond acceptors (Lipinski definition) is 2. The molecule has 2 fully saturated rings. The van der Waals surface area contributed by atoms with Crippen molar-refractivity contribution in [3.8, 4) is 0 Å². The third-order valence-corrected chi connectivity index (χ3v) is 5.12. The molecule has 2 rings (SSSR count). The number of unbranched alkanes of at least 4 members (excludes halogenated alkanes) is 1. The van der Waals surface area contributed by atoms with Crippen LogP contribution in [-0.2, 0) is 4.79 Å². The van der Waals surface area contributed by atoms with Crippen molar-refractivity contribution in [3.05, 3.63) is 0 Å². The monoisotopic (exact) mass is 280 g/mol. The fraction of sp³-hybridized carbons (Fsp3) is 0.941. The van der Waals surface area contributed by atoms with E-state index in [4.69, 9.17) is 0 Å². The Hall–Kier alpha value is -0.570. The number of piperidine rings is 1. The molecule has 1 saturated heterocycles. The summed E-state index contributed by atoms with van der Waals surface area (Å²) in [4.78, 5) is 13.8. The highest BCUT2D eigenvalue weighted by Gasteiger charge is 2.28. The molecule has 0 aromatic heterocycles. The summed E-state index contributed by atoms with van der Waals surface area (Å²) in [5.41, 5.74) is 0. The molecule has 3 heteroatoms. The van der Waals surface area contributed by atoms with Crippen LogP contribution in [0.4, 0.5) is 0 Å². The van der Waals surface area contributed by atoms with Gasteiger partial charge in [0.15, 0.2) is 0 Å². The molecular formula is C17H32N2O. The molecular weight excluding hydrogens is 248 g/mol. The Morgan fingerprint density at radius 1 is 1.20 bits per heavy atom. The van der Waals surface area contributed by atoms with E-state index in [-0.39, 0.29) is 5.91 Å². The van der Waals surface area contributed by atoms with Gasteiger partial charge in [-0.15, -0.1) is 0 Å². The van der Waals surface area contributed by atoms with Gasteiger partial charge in [0.2, 0.25) is 5.91 Å². The number of carbonyl (C=O) groups excluding carboxylic acids is 1. The largest absolute Gasteiger partial charge is 0.341 e. The van der Waals surface area contributed by atoms with Gasteiger partial charge < -0.3 is 10.2 Å². The zero-order valence-electron chi connectivity index (χ0n) is 13.4. The van der Waals surface area contributed by atoms with Gasteiger partial charge in [-0.2, -0.15) is 0 Å². The molecule has 0 radical (unpaired) electrons. The third-order valence-electron chi connectivity index (χ3n) is 5.12. The first-order valence-corrected chi connectivity index (χ1v) is 8.68. The SMILES string of the molecule is CCCCC1CC(NCC2CCCC2)CN(C(C)=O)C1. The molecule has 116 valence electrons. The van der Waals surface area contributed by atoms with Crippen LogP contribution in [0.1, 0.15) is 65.2 Å². The first-order chi connectivity index (χ1) is 9.69. The Morgan fingerprint density at radius 2 is 1.95 bits per heavy atom. The van der Waals surface area contributed by atoms with Crippen molar-refractivity contribution in [1.82, 2.24) is 10.2 Å². The van der Waals surface area contributed by atoms with E-state index in [0.717, 1.165) is 25.6 Å². The predicted molar refractivity (Wildman–Crippen MR) is 83.6 cm³/mol. The van der Waals surface area contributed by atoms with E-state index in [0.29, 0.717) is 12.0 Å². The van der Waals surface area contributed by atoms with Gasteiger partial charge in [-0.3, -0.25) is 4.79 Å². The lowest BCUT2D eigenvalue weighted by atomic mass is 9.89. The second kappa shape index (κ2) is 8.02. The van der Waals surface area contributed by atoms with E-state index in [2.05, 4.69) is 17.1 Å². The fourth-order valence-electron chi connectivity index (χ4n) is 3.86. The summed E-state index contributed by atoms with van der Waals surface area (Å²) < 4.78 is 0. The number of hydrogen-bond donors (Lipinski definition) is 1. The van der Waals surface area contributed by atoms with Crippen molar-refractivity contribution in [3.63, 3.8) is 0 Å². The zero-order valence-corrected chi connectivity index (χ0v) is 13.4. The van der Waals surface area contributed by atoms with Gasteiger partial charge in [0.25, 0.3) is 0 Å². The maximum Gasteiger partial charge on any atom is 0.219 e. The maximum atomic E-state index is 11.7. The van der Waals surface area contributed by atoms with Crippen molar-refractivity contribution in [1.29, 1.82) is 0 Å². The second-order valence-corrected chi connectivity index (χ2v) is 6.92. The van der Waals surface area contributed by atoms with E-state index in [9.17, 15) is 4.79 Å². The molecule has 0 aromatic carbocycles. The van der Waals surface area contributed by atoms with Crippen molar-refractivity contribution >= 4 is 5.91 Å². The standard InChI is InChI=1S/C17H32N2O/c1-3-4-7-16-10-17(13-19(12-16)14(2)20)18-11-15-8-5-6-9-15/h15-18H,3-13H2,1-2H3. The molecule has 1 aliphatic heterocycles. The molecule has 1 N–H and O–H groups in total. The highest BCUT2D eigenvalue weighted by molar-refractivity contribution is 5.73. The van der Waals surface area contributed by atoms with Gasteiger partial charge in [-0.05, 0) is 44.1 Å². The minimum absolute atomic E-state index is 0.249. The topological polar surface area (TPSA) is 32.3 Å². The predicted octanol–water partition coefficient (Wildman–Crippen LogP) is 3.19. The quantitative estimate of drug-likeness (QED) is 0.810. The Kier molecular flexibility index (Phi) is 6.34. The summed E-state index contributed by atoms with van der Waals surface area (Å²) in [6, 6.07) is 0.523. The molecule has 3 nitrogen and oxygen atoms in total. The van der Waals surface area contributed by atoms with Gasteiger partial charge in [0.1, 0.15) is 0 Å². The van der Waals surface area contributed by atoms with E-state index in [1.165, 1.54) is 51.4 Å². The number of amides is 1. The van der Waals surface area contributed by atoms with Crippen LogP contribution in [0.3, 0.4) is 0 Å². The summed E-state index contributed by atoms with van der Waals surface area (Å²) in [6.07, 6.45) is 10.7. The van der Waals surface area contributed by atoms with E-state index in [1.807, 2.05) is 0 Å². The molecule has 1 heterocycles. The van der Waals surface area contributed by atoms with E-state index < -0.39 is 0 Å². The molecule has 1 amide bonds. The number of rotatable bonds is 6. The average Bonchev–Trinajstić information content (AvgIpc) is 2.96. The van der Waals surface area contributed by atoms with Crippen LogP contribution in [0.15, 0.2) is 0 Å². The molecule has 2 unspecified atom stereocenters. The molecule has 0 aromatic rings. The summed E-state index contributed by atoms with van der Waals surface area (Å²) in [6.45, 7) is 7.04. The molecule has 2 aliphatic rings. The van der Waals surface area contributed by atoms with Crippen LogP contribution < -0.4 is 5.32 Å². The molecule has 0 spiro atoms. The number of carbonyl (C=O) groups is 1. The van der Waals surface area contributed by atoms with Gasteiger partial charge in [-0.25, -0.2) is 0 Å². The summed E-state index contributed by atoms with van der Waals surface area (Å²) in [7, 11) is 0. The van der Waals surface area contributed by atoms with Crippen molar-refractivity contribution < 1.29 is 4.79 Å². The third kappa shape index (κ3) is 4.76. The molecule has 20 heavy (non-hydrogen) atoms. The first kappa shape index (κ1) is 15.8. The number of nitrogens with zero attached hydrogens (tertiary/aromatic N) is 1. The Balaban J connectivity index is 1.80. The Labute approximate surface area is 124 Å². The highest BCUT2D eigenvalue weighted by Crippen LogP contribution is 2.26. The van der Waals surface area contributed by atoms with Gasteiger partial charge in [0.05, 0.1) is 0 Å². The second-order valence-electron chi connectivity index (χ2n) is 6.92. The van der Waals surface area contributed by atoms with Crippen LogP contribution in [-0.4, -0.2) is 36.5 Å². The van der Waals surface area contributed by atoms with Gasteiger partial charge in [0, 0.05) is 26.1 Å². The summed E-state index contributed by atoms with van der Waals surface area (Å²) >= 11 is 0. The number of nitrogens with one attached hydrogen (secondary N) is 1. The van der Waals surface area contributed by atoms with Gasteiger partial charge in [-0.1, -0.05) is 32.6 Å². The highest BCUT2D eigenvalue weighted by atomic mass is 16.2. The lowest BCUT2D eigenvalue weighted by Gasteiger charge is -2.38. The number of likely N-dealkylation sites (tertiary alicyclic amines) is 1.